The Morgan fingerprint density at radius 2 is 2.18 bits per heavy atom. The van der Waals surface area contributed by atoms with Crippen molar-refractivity contribution in [2.75, 3.05) is 7.05 Å². The molecule has 112 valence electrons. The molecule has 1 aromatic carbocycles. The van der Waals surface area contributed by atoms with Gasteiger partial charge in [-0.25, -0.2) is 0 Å². The van der Waals surface area contributed by atoms with Gasteiger partial charge < -0.3 is 5.11 Å². The van der Waals surface area contributed by atoms with Gasteiger partial charge in [-0.05, 0) is 42.5 Å². The molecule has 0 saturated carbocycles. The molecule has 8 heteroatoms. The lowest BCUT2D eigenvalue weighted by atomic mass is 10.2. The number of aromatic nitrogens is 2. The maximum Gasteiger partial charge on any atom is 0.266 e. The molecule has 3 rings (SSSR count). The predicted molar refractivity (Wildman–Crippen MR) is 88.2 cm³/mol. The zero-order chi connectivity index (χ0) is 15.7. The Balaban J connectivity index is 1.90. The van der Waals surface area contributed by atoms with Crippen molar-refractivity contribution in [3.63, 3.8) is 0 Å². The smallest absolute Gasteiger partial charge is 0.266 e. The van der Waals surface area contributed by atoms with Crippen molar-refractivity contribution in [3.8, 4) is 5.75 Å². The molecule has 22 heavy (non-hydrogen) atoms. The lowest BCUT2D eigenvalue weighted by molar-refractivity contribution is -0.121. The first-order chi connectivity index (χ1) is 10.5. The van der Waals surface area contributed by atoms with Crippen LogP contribution in [0.1, 0.15) is 10.6 Å². The van der Waals surface area contributed by atoms with Gasteiger partial charge in [-0.1, -0.05) is 23.5 Å². The molecule has 1 N–H and O–H groups in total. The van der Waals surface area contributed by atoms with Gasteiger partial charge in [0.2, 0.25) is 5.13 Å². The SMILES string of the molecule is Cc1nnc(/N=C2/S/C(=C\c3cccc(O)c3)C(=O)N2C)s1. The number of phenolic OH excluding ortho intramolecular Hbond substituents is 1. The Morgan fingerprint density at radius 3 is 2.86 bits per heavy atom. The Hall–Kier alpha value is -2.19. The van der Waals surface area contributed by atoms with E-state index in [1.54, 1.807) is 31.3 Å². The summed E-state index contributed by atoms with van der Waals surface area (Å²) in [5.74, 6) is 0.0321. The van der Waals surface area contributed by atoms with Crippen LogP contribution in [0.5, 0.6) is 5.75 Å². The molecule has 1 fully saturated rings. The van der Waals surface area contributed by atoms with Gasteiger partial charge in [0.15, 0.2) is 5.17 Å². The summed E-state index contributed by atoms with van der Waals surface area (Å²) in [6.45, 7) is 1.85. The van der Waals surface area contributed by atoms with Crippen molar-refractivity contribution < 1.29 is 9.90 Å². The number of thioether (sulfide) groups is 1. The number of aliphatic imine (C=N–C) groups is 1. The Bertz CT molecular complexity index is 798. The van der Waals surface area contributed by atoms with E-state index < -0.39 is 0 Å². The van der Waals surface area contributed by atoms with Gasteiger partial charge >= 0.3 is 0 Å². The Morgan fingerprint density at radius 1 is 1.36 bits per heavy atom. The van der Waals surface area contributed by atoms with Crippen LogP contribution in [-0.4, -0.2) is 38.3 Å². The first-order valence-corrected chi connectivity index (χ1v) is 8.01. The molecular weight excluding hydrogens is 320 g/mol. The number of amides is 1. The lowest BCUT2D eigenvalue weighted by Crippen LogP contribution is -2.23. The first-order valence-electron chi connectivity index (χ1n) is 6.38. The molecule has 1 aliphatic heterocycles. The minimum Gasteiger partial charge on any atom is -0.508 e. The van der Waals surface area contributed by atoms with E-state index in [-0.39, 0.29) is 11.7 Å². The summed E-state index contributed by atoms with van der Waals surface area (Å²) in [6, 6.07) is 6.74. The van der Waals surface area contributed by atoms with E-state index in [1.807, 2.05) is 13.0 Å². The molecule has 2 aromatic rings. The second-order valence-electron chi connectivity index (χ2n) is 4.57. The second kappa shape index (κ2) is 5.90. The molecular formula is C14H12N4O2S2. The van der Waals surface area contributed by atoms with Crippen LogP contribution in [0.15, 0.2) is 34.2 Å². The van der Waals surface area contributed by atoms with E-state index >= 15 is 0 Å². The number of phenols is 1. The monoisotopic (exact) mass is 332 g/mol. The third-order valence-corrected chi connectivity index (χ3v) is 4.67. The highest BCUT2D eigenvalue weighted by atomic mass is 32.2. The molecule has 1 aromatic heterocycles. The zero-order valence-electron chi connectivity index (χ0n) is 11.8. The highest BCUT2D eigenvalue weighted by molar-refractivity contribution is 8.18. The van der Waals surface area contributed by atoms with E-state index in [9.17, 15) is 9.90 Å². The largest absolute Gasteiger partial charge is 0.508 e. The van der Waals surface area contributed by atoms with Crippen LogP contribution in [0.25, 0.3) is 6.08 Å². The standard InChI is InChI=1S/C14H12N4O2S2/c1-8-16-17-13(21-8)15-14-18(2)12(20)11(22-14)7-9-4-3-5-10(19)6-9/h3-7,19H,1-2H3/b11-7-,15-14+. The topological polar surface area (TPSA) is 78.7 Å². The maximum atomic E-state index is 12.3. The number of aromatic hydroxyl groups is 1. The lowest BCUT2D eigenvalue weighted by Gasteiger charge is -2.05. The fourth-order valence-electron chi connectivity index (χ4n) is 1.83. The number of nitrogens with zero attached hydrogens (tertiary/aromatic N) is 4. The van der Waals surface area contributed by atoms with Gasteiger partial charge in [-0.3, -0.25) is 9.69 Å². The van der Waals surface area contributed by atoms with Crippen molar-refractivity contribution in [2.45, 2.75) is 6.92 Å². The first kappa shape index (κ1) is 14.7. The van der Waals surface area contributed by atoms with E-state index in [4.69, 9.17) is 0 Å². The molecule has 0 unspecified atom stereocenters. The molecule has 6 nitrogen and oxygen atoms in total. The summed E-state index contributed by atoms with van der Waals surface area (Å²) >= 11 is 2.65. The van der Waals surface area contributed by atoms with Crippen LogP contribution in [0.3, 0.4) is 0 Å². The molecule has 0 atom stereocenters. The molecule has 0 spiro atoms. The number of likely N-dealkylation sites (N-methyl/N-ethyl adjacent to an activating group) is 1. The second-order valence-corrected chi connectivity index (χ2v) is 6.74. The quantitative estimate of drug-likeness (QED) is 0.856. The van der Waals surface area contributed by atoms with E-state index in [1.165, 1.54) is 28.0 Å². The number of hydrogen-bond donors (Lipinski definition) is 1. The van der Waals surface area contributed by atoms with Gasteiger partial charge in [0, 0.05) is 7.05 Å². The number of aryl methyl sites for hydroxylation is 1. The summed E-state index contributed by atoms with van der Waals surface area (Å²) < 4.78 is 0. The van der Waals surface area contributed by atoms with Crippen molar-refractivity contribution in [3.05, 3.63) is 39.7 Å². The third-order valence-electron chi connectivity index (χ3n) is 2.88. The van der Waals surface area contributed by atoms with Crippen LogP contribution >= 0.6 is 23.1 Å². The predicted octanol–water partition coefficient (Wildman–Crippen LogP) is 2.79. The van der Waals surface area contributed by atoms with Crippen LogP contribution in [0.4, 0.5) is 5.13 Å². The van der Waals surface area contributed by atoms with Crippen molar-refractivity contribution >= 4 is 45.4 Å². The summed E-state index contributed by atoms with van der Waals surface area (Å²) in [4.78, 5) is 18.7. The molecule has 2 heterocycles. The van der Waals surface area contributed by atoms with Crippen LogP contribution in [-0.2, 0) is 4.79 Å². The van der Waals surface area contributed by atoms with Crippen LogP contribution in [0, 0.1) is 6.92 Å². The average Bonchev–Trinajstić information content (AvgIpc) is 2.99. The molecule has 0 aliphatic carbocycles. The number of rotatable bonds is 2. The minimum atomic E-state index is -0.131. The molecule has 1 saturated heterocycles. The highest BCUT2D eigenvalue weighted by Gasteiger charge is 2.30. The number of amidine groups is 1. The maximum absolute atomic E-state index is 12.3. The fourth-order valence-corrected chi connectivity index (χ4v) is 3.42. The van der Waals surface area contributed by atoms with Crippen LogP contribution < -0.4 is 0 Å². The van der Waals surface area contributed by atoms with Gasteiger partial charge in [-0.15, -0.1) is 10.2 Å². The summed E-state index contributed by atoms with van der Waals surface area (Å²) in [7, 11) is 1.67. The highest BCUT2D eigenvalue weighted by Crippen LogP contribution is 2.33. The van der Waals surface area contributed by atoms with E-state index in [2.05, 4.69) is 15.2 Å². The van der Waals surface area contributed by atoms with Crippen molar-refractivity contribution in [1.82, 2.24) is 15.1 Å². The zero-order valence-corrected chi connectivity index (χ0v) is 13.5. The Labute approximate surface area is 135 Å². The van der Waals surface area contributed by atoms with Gasteiger partial charge in [0.25, 0.3) is 5.91 Å². The minimum absolute atomic E-state index is 0.131. The number of carbonyl (C=O) groups excluding carboxylic acids is 1. The van der Waals surface area contributed by atoms with Gasteiger partial charge in [-0.2, -0.15) is 4.99 Å². The molecule has 1 amide bonds. The summed E-state index contributed by atoms with van der Waals surface area (Å²) in [6.07, 6.45) is 1.73. The van der Waals surface area contributed by atoms with E-state index in [0.717, 1.165) is 10.6 Å². The normalized spacial score (nSPS) is 18.6. The average molecular weight is 332 g/mol. The van der Waals surface area contributed by atoms with Gasteiger partial charge in [0.05, 0.1) is 4.91 Å². The molecule has 0 bridgehead atoms. The third kappa shape index (κ3) is 3.02. The fraction of sp³-hybridized carbons (Fsp3) is 0.143. The molecule has 1 aliphatic rings. The number of hydrogen-bond acceptors (Lipinski definition) is 7. The molecule has 0 radical (unpaired) electrons. The number of carbonyl (C=O) groups is 1. The Kier molecular flexibility index (Phi) is 3.95. The van der Waals surface area contributed by atoms with Crippen molar-refractivity contribution in [1.29, 1.82) is 0 Å². The summed E-state index contributed by atoms with van der Waals surface area (Å²) in [5, 5.41) is 19.2. The summed E-state index contributed by atoms with van der Waals surface area (Å²) in [5.41, 5.74) is 0.761. The van der Waals surface area contributed by atoms with Crippen molar-refractivity contribution in [2.24, 2.45) is 4.99 Å². The number of benzene rings is 1. The van der Waals surface area contributed by atoms with Gasteiger partial charge in [0.1, 0.15) is 10.8 Å². The van der Waals surface area contributed by atoms with E-state index in [0.29, 0.717) is 15.2 Å². The van der Waals surface area contributed by atoms with Crippen LogP contribution in [0.2, 0.25) is 0 Å².